The van der Waals surface area contributed by atoms with Gasteiger partial charge in [0.05, 0.1) is 43.3 Å². The van der Waals surface area contributed by atoms with Gasteiger partial charge >= 0.3 is 6.18 Å². The zero-order chi connectivity index (χ0) is 28.7. The number of methoxy groups -OCH3 is 1. The lowest BCUT2D eigenvalue weighted by Crippen LogP contribution is -2.43. The third kappa shape index (κ3) is 7.79. The lowest BCUT2D eigenvalue weighted by Gasteiger charge is -2.33. The molecule has 40 heavy (non-hydrogen) atoms. The first-order chi connectivity index (χ1) is 19.2. The molecule has 0 saturated carbocycles. The summed E-state index contributed by atoms with van der Waals surface area (Å²) >= 11 is 1.60. The highest BCUT2D eigenvalue weighted by molar-refractivity contribution is 7.98. The SMILES string of the molecule is COc1cc(SC)ccc1NCC#Cc1cc2c(NC3CCN(CC(O)CO)CC3)cccc2n1CC(F)(F)F. The van der Waals surface area contributed by atoms with E-state index < -0.39 is 18.8 Å². The van der Waals surface area contributed by atoms with E-state index in [4.69, 9.17) is 9.84 Å². The molecule has 2 aromatic carbocycles. The van der Waals surface area contributed by atoms with Gasteiger partial charge in [-0.25, -0.2) is 0 Å². The van der Waals surface area contributed by atoms with Crippen LogP contribution >= 0.6 is 11.8 Å². The molecule has 4 N–H and O–H groups in total. The summed E-state index contributed by atoms with van der Waals surface area (Å²) in [4.78, 5) is 3.16. The molecular weight excluding hydrogens is 541 g/mol. The smallest absolute Gasteiger partial charge is 0.406 e. The number of piperidine rings is 1. The van der Waals surface area contributed by atoms with Crippen LogP contribution in [-0.2, 0) is 6.54 Å². The van der Waals surface area contributed by atoms with E-state index in [1.54, 1.807) is 37.1 Å². The molecule has 11 heteroatoms. The molecule has 0 bridgehead atoms. The Hall–Kier alpha value is -3.04. The van der Waals surface area contributed by atoms with Crippen molar-refractivity contribution < 1.29 is 28.1 Å². The van der Waals surface area contributed by atoms with E-state index in [9.17, 15) is 18.3 Å². The van der Waals surface area contributed by atoms with Crippen LogP contribution in [0, 0.1) is 11.8 Å². The molecule has 1 unspecified atom stereocenters. The Morgan fingerprint density at radius 3 is 2.60 bits per heavy atom. The van der Waals surface area contributed by atoms with Crippen molar-refractivity contribution in [1.29, 1.82) is 0 Å². The zero-order valence-electron chi connectivity index (χ0n) is 22.6. The summed E-state index contributed by atoms with van der Waals surface area (Å²) in [6.45, 7) is 0.772. The van der Waals surface area contributed by atoms with Gasteiger partial charge in [0, 0.05) is 41.6 Å². The van der Waals surface area contributed by atoms with Crippen LogP contribution in [-0.4, -0.2) is 84.2 Å². The fourth-order valence-electron chi connectivity index (χ4n) is 4.92. The predicted molar refractivity (Wildman–Crippen MR) is 154 cm³/mol. The maximum absolute atomic E-state index is 13.6. The Kier molecular flexibility index (Phi) is 10.1. The largest absolute Gasteiger partial charge is 0.495 e. The number of aliphatic hydroxyl groups is 2. The Morgan fingerprint density at radius 1 is 1.15 bits per heavy atom. The molecule has 1 aliphatic heterocycles. The number of hydrogen-bond donors (Lipinski definition) is 4. The van der Waals surface area contributed by atoms with Gasteiger partial charge in [-0.15, -0.1) is 11.8 Å². The lowest BCUT2D eigenvalue weighted by atomic mass is 10.0. The molecule has 1 aliphatic rings. The van der Waals surface area contributed by atoms with Crippen molar-refractivity contribution in [2.24, 2.45) is 0 Å². The fourth-order valence-corrected chi connectivity index (χ4v) is 5.35. The van der Waals surface area contributed by atoms with Gasteiger partial charge in [-0.3, -0.25) is 0 Å². The maximum Gasteiger partial charge on any atom is 0.406 e. The number of nitrogens with zero attached hydrogens (tertiary/aromatic N) is 2. The standard InChI is InChI=1S/C29H35F3N4O3S/c1-39-28-16-23(40-2)8-9-26(28)33-12-4-5-21-15-24-25(6-3-7-27(24)36(21)19-29(30,31)32)34-20-10-13-35(14-11-20)17-22(38)18-37/h3,6-9,15-16,20,22,33-34,37-38H,10-14,17-19H2,1-2H3. The molecule has 3 aromatic rings. The number of fused-ring (bicyclic) bond motifs is 1. The summed E-state index contributed by atoms with van der Waals surface area (Å²) in [6.07, 6.45) is -1.55. The van der Waals surface area contributed by atoms with Crippen molar-refractivity contribution in [2.45, 2.75) is 42.6 Å². The monoisotopic (exact) mass is 576 g/mol. The highest BCUT2D eigenvalue weighted by atomic mass is 32.2. The van der Waals surface area contributed by atoms with Gasteiger partial charge < -0.3 is 35.1 Å². The van der Waals surface area contributed by atoms with Crippen LogP contribution < -0.4 is 15.4 Å². The van der Waals surface area contributed by atoms with Crippen LogP contribution in [0.5, 0.6) is 5.75 Å². The van der Waals surface area contributed by atoms with E-state index in [1.165, 1.54) is 4.57 Å². The van der Waals surface area contributed by atoms with Crippen LogP contribution in [0.2, 0.25) is 0 Å². The van der Waals surface area contributed by atoms with Crippen LogP contribution in [0.4, 0.5) is 24.5 Å². The molecular formula is C29H35F3N4O3S. The Bertz CT molecular complexity index is 1340. The minimum absolute atomic E-state index is 0.144. The van der Waals surface area contributed by atoms with E-state index >= 15 is 0 Å². The van der Waals surface area contributed by atoms with E-state index in [0.29, 0.717) is 28.9 Å². The number of rotatable bonds is 10. The van der Waals surface area contributed by atoms with E-state index in [0.717, 1.165) is 42.2 Å². The van der Waals surface area contributed by atoms with Crippen LogP contribution in [0.25, 0.3) is 10.9 Å². The second kappa shape index (κ2) is 13.5. The number of thioether (sulfide) groups is 1. The highest BCUT2D eigenvalue weighted by Crippen LogP contribution is 2.32. The summed E-state index contributed by atoms with van der Waals surface area (Å²) in [6, 6.07) is 13.0. The predicted octanol–water partition coefficient (Wildman–Crippen LogP) is 4.63. The van der Waals surface area contributed by atoms with Crippen LogP contribution in [0.3, 0.4) is 0 Å². The first-order valence-electron chi connectivity index (χ1n) is 13.1. The number of alkyl halides is 3. The number of nitrogens with one attached hydrogen (secondary N) is 2. The van der Waals surface area contributed by atoms with Crippen molar-refractivity contribution in [1.82, 2.24) is 9.47 Å². The molecule has 1 saturated heterocycles. The minimum atomic E-state index is -4.40. The first kappa shape index (κ1) is 29.9. The van der Waals surface area contributed by atoms with Crippen molar-refractivity contribution in [3.8, 4) is 17.6 Å². The average Bonchev–Trinajstić information content (AvgIpc) is 3.28. The van der Waals surface area contributed by atoms with Crippen LogP contribution in [0.15, 0.2) is 47.4 Å². The number of aromatic nitrogens is 1. The quantitative estimate of drug-likeness (QED) is 0.207. The Labute approximate surface area is 236 Å². The number of aliphatic hydroxyl groups excluding tert-OH is 2. The number of hydrogen-bond acceptors (Lipinski definition) is 7. The van der Waals surface area contributed by atoms with Gasteiger partial charge in [0.1, 0.15) is 12.3 Å². The van der Waals surface area contributed by atoms with Gasteiger partial charge in [-0.2, -0.15) is 13.2 Å². The topological polar surface area (TPSA) is 81.9 Å². The Balaban J connectivity index is 1.52. The summed E-state index contributed by atoms with van der Waals surface area (Å²) in [7, 11) is 1.59. The molecule has 0 amide bonds. The van der Waals surface area contributed by atoms with Crippen molar-refractivity contribution in [3.05, 3.63) is 48.2 Å². The molecule has 4 rings (SSSR count). The molecule has 7 nitrogen and oxygen atoms in total. The van der Waals surface area contributed by atoms with Gasteiger partial charge in [0.2, 0.25) is 0 Å². The Morgan fingerprint density at radius 2 is 1.93 bits per heavy atom. The molecule has 2 heterocycles. The summed E-state index contributed by atoms with van der Waals surface area (Å²) < 4.78 is 47.3. The maximum atomic E-state index is 13.6. The first-order valence-corrected chi connectivity index (χ1v) is 14.3. The molecule has 0 radical (unpaired) electrons. The molecule has 216 valence electrons. The number of β-amino-alcohol motifs (C(OH)–C–C–N with tert-alkyl or cyclic N) is 1. The third-order valence-electron chi connectivity index (χ3n) is 6.90. The summed E-state index contributed by atoms with van der Waals surface area (Å²) in [5.41, 5.74) is 2.29. The minimum Gasteiger partial charge on any atom is -0.495 e. The number of ether oxygens (including phenoxy) is 1. The molecule has 0 spiro atoms. The normalized spacial score (nSPS) is 15.5. The van der Waals surface area contributed by atoms with Gasteiger partial charge in [0.25, 0.3) is 0 Å². The molecule has 1 atom stereocenters. The summed E-state index contributed by atoms with van der Waals surface area (Å²) in [5.74, 6) is 6.58. The molecule has 1 fully saturated rings. The van der Waals surface area contributed by atoms with E-state index in [1.807, 2.05) is 30.5 Å². The summed E-state index contributed by atoms with van der Waals surface area (Å²) in [5, 5.41) is 26.2. The zero-order valence-corrected chi connectivity index (χ0v) is 23.4. The molecule has 1 aromatic heterocycles. The molecule has 0 aliphatic carbocycles. The average molecular weight is 577 g/mol. The lowest BCUT2D eigenvalue weighted by molar-refractivity contribution is -0.140. The van der Waals surface area contributed by atoms with Crippen LogP contribution in [0.1, 0.15) is 18.5 Å². The second-order valence-corrected chi connectivity index (χ2v) is 10.6. The fraction of sp³-hybridized carbons (Fsp3) is 0.448. The van der Waals surface area contributed by atoms with Crippen molar-refractivity contribution in [3.63, 3.8) is 0 Å². The van der Waals surface area contributed by atoms with Gasteiger partial charge in [0.15, 0.2) is 0 Å². The highest BCUT2D eigenvalue weighted by Gasteiger charge is 2.30. The van der Waals surface area contributed by atoms with Crippen molar-refractivity contribution >= 4 is 34.0 Å². The second-order valence-electron chi connectivity index (χ2n) is 9.75. The van der Waals surface area contributed by atoms with Gasteiger partial charge in [-0.05, 0) is 61.4 Å². The number of benzene rings is 2. The van der Waals surface area contributed by atoms with Crippen molar-refractivity contribution in [2.75, 3.05) is 56.8 Å². The van der Waals surface area contributed by atoms with E-state index in [-0.39, 0.29) is 19.2 Å². The number of anilines is 2. The number of halogens is 3. The third-order valence-corrected chi connectivity index (χ3v) is 7.63. The van der Waals surface area contributed by atoms with Gasteiger partial charge in [-0.1, -0.05) is 12.0 Å². The number of likely N-dealkylation sites (tertiary alicyclic amines) is 1. The van der Waals surface area contributed by atoms with E-state index in [2.05, 4.69) is 27.4 Å².